The molecule has 1 aromatic carbocycles. The minimum absolute atomic E-state index is 0.274. The Labute approximate surface area is 182 Å². The van der Waals surface area contributed by atoms with Gasteiger partial charge in [0.15, 0.2) is 5.82 Å². The summed E-state index contributed by atoms with van der Waals surface area (Å²) in [7, 11) is 0. The second-order valence-corrected chi connectivity index (χ2v) is 7.80. The quantitative estimate of drug-likeness (QED) is 0.506. The van der Waals surface area contributed by atoms with Gasteiger partial charge in [-0.25, -0.2) is 14.6 Å². The molecule has 1 N–H and O–H groups in total. The van der Waals surface area contributed by atoms with E-state index in [-0.39, 0.29) is 5.91 Å². The summed E-state index contributed by atoms with van der Waals surface area (Å²) in [6.45, 7) is 9.92. The lowest BCUT2D eigenvalue weighted by atomic mass is 10.0. The predicted molar refractivity (Wildman–Crippen MR) is 123 cm³/mol. The maximum Gasteiger partial charge on any atom is 0.275 e. The van der Waals surface area contributed by atoms with E-state index < -0.39 is 0 Å². The monoisotopic (exact) mass is 411 g/mol. The van der Waals surface area contributed by atoms with E-state index in [9.17, 15) is 4.79 Å². The molecule has 0 aliphatic heterocycles. The normalized spacial score (nSPS) is 10.9. The lowest BCUT2D eigenvalue weighted by molar-refractivity contribution is 0.101. The van der Waals surface area contributed by atoms with Crippen LogP contribution in [0.3, 0.4) is 0 Å². The number of carbonyl (C=O) groups is 1. The van der Waals surface area contributed by atoms with Crippen molar-refractivity contribution < 1.29 is 4.79 Å². The van der Waals surface area contributed by atoms with Crippen LogP contribution in [0.2, 0.25) is 0 Å². The molecule has 6 heteroatoms. The molecule has 4 aromatic rings. The number of aryl methyl sites for hydroxylation is 3. The van der Waals surface area contributed by atoms with E-state index in [1.165, 1.54) is 5.56 Å². The van der Waals surface area contributed by atoms with Gasteiger partial charge in [0.25, 0.3) is 5.91 Å². The summed E-state index contributed by atoms with van der Waals surface area (Å²) >= 11 is 0. The van der Waals surface area contributed by atoms with Gasteiger partial charge in [0.2, 0.25) is 0 Å². The van der Waals surface area contributed by atoms with E-state index in [2.05, 4.69) is 39.4 Å². The molecule has 31 heavy (non-hydrogen) atoms. The maximum absolute atomic E-state index is 13.1. The Kier molecular flexibility index (Phi) is 5.38. The van der Waals surface area contributed by atoms with Crippen molar-refractivity contribution in [2.24, 2.45) is 0 Å². The summed E-state index contributed by atoms with van der Waals surface area (Å²) < 4.78 is 1.57. The number of amides is 1. The van der Waals surface area contributed by atoms with Gasteiger partial charge >= 0.3 is 0 Å². The standard InChI is InChI=1S/C25H25N5O/c1-15-8-6-7-9-21(15)20-10-11-23(26-14-20)30-22(12-17(3)29-30)25(31)28-24-19(5)18(4)16(2)13-27-24/h6-14H,1-5H3,(H,27,28,31). The average molecular weight is 412 g/mol. The minimum atomic E-state index is -0.274. The Morgan fingerprint density at radius 3 is 2.35 bits per heavy atom. The first-order valence-electron chi connectivity index (χ1n) is 10.2. The molecular formula is C25H25N5O. The van der Waals surface area contributed by atoms with Gasteiger partial charge in [0.05, 0.1) is 5.69 Å². The molecular weight excluding hydrogens is 386 g/mol. The molecule has 156 valence electrons. The van der Waals surface area contributed by atoms with Crippen LogP contribution < -0.4 is 5.32 Å². The van der Waals surface area contributed by atoms with E-state index in [4.69, 9.17) is 0 Å². The van der Waals surface area contributed by atoms with Crippen LogP contribution in [0.25, 0.3) is 16.9 Å². The molecule has 0 atom stereocenters. The molecule has 0 fully saturated rings. The van der Waals surface area contributed by atoms with Gasteiger partial charge in [-0.2, -0.15) is 5.10 Å². The highest BCUT2D eigenvalue weighted by Crippen LogP contribution is 2.24. The fraction of sp³-hybridized carbons (Fsp3) is 0.200. The zero-order chi connectivity index (χ0) is 22.1. The van der Waals surface area contributed by atoms with Crippen LogP contribution in [0, 0.1) is 34.6 Å². The lowest BCUT2D eigenvalue weighted by Crippen LogP contribution is -2.19. The van der Waals surface area contributed by atoms with E-state index in [0.717, 1.165) is 33.5 Å². The van der Waals surface area contributed by atoms with E-state index in [1.54, 1.807) is 16.9 Å². The number of aromatic nitrogens is 4. The number of hydrogen-bond acceptors (Lipinski definition) is 4. The molecule has 1 amide bonds. The number of benzene rings is 1. The summed E-state index contributed by atoms with van der Waals surface area (Å²) in [5, 5.41) is 7.41. The summed E-state index contributed by atoms with van der Waals surface area (Å²) in [5.74, 6) is 0.867. The summed E-state index contributed by atoms with van der Waals surface area (Å²) in [6, 6.07) is 13.8. The number of nitrogens with zero attached hydrogens (tertiary/aromatic N) is 4. The van der Waals surface area contributed by atoms with E-state index in [1.807, 2.05) is 58.2 Å². The number of carbonyl (C=O) groups excluding carboxylic acids is 1. The van der Waals surface area contributed by atoms with Crippen LogP contribution >= 0.6 is 0 Å². The molecule has 3 heterocycles. The van der Waals surface area contributed by atoms with Crippen LogP contribution in [-0.2, 0) is 0 Å². The largest absolute Gasteiger partial charge is 0.305 e. The van der Waals surface area contributed by atoms with Crippen molar-refractivity contribution in [3.63, 3.8) is 0 Å². The van der Waals surface area contributed by atoms with Gasteiger partial charge < -0.3 is 5.32 Å². The summed E-state index contributed by atoms with van der Waals surface area (Å²) in [4.78, 5) is 22.0. The Bertz CT molecular complexity index is 1270. The van der Waals surface area contributed by atoms with Crippen LogP contribution in [-0.4, -0.2) is 25.7 Å². The topological polar surface area (TPSA) is 72.7 Å². The van der Waals surface area contributed by atoms with Crippen LogP contribution in [0.5, 0.6) is 0 Å². The zero-order valence-electron chi connectivity index (χ0n) is 18.4. The molecule has 0 aliphatic rings. The molecule has 0 radical (unpaired) electrons. The summed E-state index contributed by atoms with van der Waals surface area (Å²) in [5.41, 5.74) is 7.64. The Morgan fingerprint density at radius 2 is 1.65 bits per heavy atom. The van der Waals surface area contributed by atoms with Crippen molar-refractivity contribution in [1.29, 1.82) is 0 Å². The van der Waals surface area contributed by atoms with Gasteiger partial charge in [-0.3, -0.25) is 4.79 Å². The highest BCUT2D eigenvalue weighted by atomic mass is 16.2. The molecule has 3 aromatic heterocycles. The number of anilines is 1. The Balaban J connectivity index is 1.65. The molecule has 0 spiro atoms. The van der Waals surface area contributed by atoms with Crippen molar-refractivity contribution in [2.75, 3.05) is 5.32 Å². The number of pyridine rings is 2. The van der Waals surface area contributed by atoms with Crippen molar-refractivity contribution in [3.05, 3.63) is 88.5 Å². The first-order chi connectivity index (χ1) is 14.8. The van der Waals surface area contributed by atoms with E-state index >= 15 is 0 Å². The molecule has 0 bridgehead atoms. The van der Waals surface area contributed by atoms with Gasteiger partial charge in [0, 0.05) is 18.0 Å². The predicted octanol–water partition coefficient (Wildman–Crippen LogP) is 5.12. The first kappa shape index (κ1) is 20.5. The fourth-order valence-corrected chi connectivity index (χ4v) is 3.53. The van der Waals surface area contributed by atoms with Crippen molar-refractivity contribution in [3.8, 4) is 16.9 Å². The second kappa shape index (κ2) is 8.14. The first-order valence-corrected chi connectivity index (χ1v) is 10.2. The van der Waals surface area contributed by atoms with Gasteiger partial charge in [-0.15, -0.1) is 0 Å². The second-order valence-electron chi connectivity index (χ2n) is 7.80. The van der Waals surface area contributed by atoms with Crippen LogP contribution in [0.15, 0.2) is 54.9 Å². The highest BCUT2D eigenvalue weighted by Gasteiger charge is 2.18. The van der Waals surface area contributed by atoms with Crippen molar-refractivity contribution in [2.45, 2.75) is 34.6 Å². The van der Waals surface area contributed by atoms with Crippen molar-refractivity contribution in [1.82, 2.24) is 19.7 Å². The molecule has 4 rings (SSSR count). The molecule has 0 saturated heterocycles. The van der Waals surface area contributed by atoms with Crippen molar-refractivity contribution >= 4 is 11.7 Å². The van der Waals surface area contributed by atoms with Gasteiger partial charge in [0.1, 0.15) is 11.5 Å². The third kappa shape index (κ3) is 3.97. The zero-order valence-corrected chi connectivity index (χ0v) is 18.4. The SMILES string of the molecule is Cc1cc(C(=O)Nc2ncc(C)c(C)c2C)n(-c2ccc(-c3ccccc3C)cn2)n1. The Hall–Kier alpha value is -3.80. The third-order valence-corrected chi connectivity index (χ3v) is 5.61. The van der Waals surface area contributed by atoms with Gasteiger partial charge in [-0.1, -0.05) is 24.3 Å². The molecule has 0 saturated carbocycles. The Morgan fingerprint density at radius 1 is 0.871 bits per heavy atom. The number of hydrogen-bond donors (Lipinski definition) is 1. The minimum Gasteiger partial charge on any atom is -0.305 e. The molecule has 0 aliphatic carbocycles. The van der Waals surface area contributed by atoms with E-state index in [0.29, 0.717) is 17.3 Å². The average Bonchev–Trinajstić information content (AvgIpc) is 3.16. The van der Waals surface area contributed by atoms with Crippen LogP contribution in [0.4, 0.5) is 5.82 Å². The van der Waals surface area contributed by atoms with Gasteiger partial charge in [-0.05, 0) is 80.6 Å². The summed E-state index contributed by atoms with van der Waals surface area (Å²) in [6.07, 6.45) is 3.58. The highest BCUT2D eigenvalue weighted by molar-refractivity contribution is 6.03. The maximum atomic E-state index is 13.1. The molecule has 0 unspecified atom stereocenters. The number of rotatable bonds is 4. The smallest absolute Gasteiger partial charge is 0.275 e. The number of nitrogens with one attached hydrogen (secondary N) is 1. The third-order valence-electron chi connectivity index (χ3n) is 5.61. The molecule has 6 nitrogen and oxygen atoms in total. The lowest BCUT2D eigenvalue weighted by Gasteiger charge is -2.12. The fourth-order valence-electron chi connectivity index (χ4n) is 3.53. The van der Waals surface area contributed by atoms with Crippen LogP contribution in [0.1, 0.15) is 38.4 Å².